The Morgan fingerprint density at radius 1 is 1.07 bits per heavy atom. The van der Waals surface area contributed by atoms with Crippen molar-refractivity contribution in [3.63, 3.8) is 0 Å². The number of hydrogen-bond acceptors (Lipinski definition) is 2. The van der Waals surface area contributed by atoms with E-state index in [1.165, 1.54) is 11.8 Å². The van der Waals surface area contributed by atoms with Crippen molar-refractivity contribution in [2.24, 2.45) is 0 Å². The molecule has 1 aromatic rings. The normalized spacial score (nSPS) is 11.7. The highest BCUT2D eigenvalue weighted by Crippen LogP contribution is 2.18. The zero-order chi connectivity index (χ0) is 10.9. The van der Waals surface area contributed by atoms with Gasteiger partial charge >= 0.3 is 0 Å². The second-order valence-electron chi connectivity index (χ2n) is 3.95. The fraction of sp³-hybridized carbons (Fsp3) is 0.455. The summed E-state index contributed by atoms with van der Waals surface area (Å²) in [5.74, 6) is 0.144. The number of benzene rings is 1. The van der Waals surface area contributed by atoms with Crippen molar-refractivity contribution in [1.29, 1.82) is 0 Å². The van der Waals surface area contributed by atoms with Gasteiger partial charge in [0.15, 0.2) is 9.84 Å². The van der Waals surface area contributed by atoms with Crippen molar-refractivity contribution in [3.8, 4) is 0 Å². The third-order valence-corrected chi connectivity index (χ3v) is 3.06. The monoisotopic (exact) mass is 212 g/mol. The summed E-state index contributed by atoms with van der Waals surface area (Å²) < 4.78 is 22.4. The lowest BCUT2D eigenvalue weighted by Gasteiger charge is -2.09. The minimum atomic E-state index is -2.94. The van der Waals surface area contributed by atoms with E-state index < -0.39 is 9.84 Å². The highest BCUT2D eigenvalue weighted by Gasteiger charge is 2.10. The SMILES string of the molecule is Cc1cc(C)c(CS(C)(=O)=O)c(C)c1. The van der Waals surface area contributed by atoms with Crippen LogP contribution >= 0.6 is 0 Å². The molecular formula is C11H16O2S. The smallest absolute Gasteiger partial charge is 0.151 e. The minimum Gasteiger partial charge on any atom is -0.229 e. The second kappa shape index (κ2) is 3.73. The van der Waals surface area contributed by atoms with Crippen LogP contribution in [0.25, 0.3) is 0 Å². The van der Waals surface area contributed by atoms with Crippen LogP contribution in [-0.2, 0) is 15.6 Å². The van der Waals surface area contributed by atoms with Gasteiger partial charge in [0.1, 0.15) is 0 Å². The molecule has 2 nitrogen and oxygen atoms in total. The van der Waals surface area contributed by atoms with Crippen LogP contribution in [0, 0.1) is 20.8 Å². The summed E-state index contributed by atoms with van der Waals surface area (Å²) >= 11 is 0. The maximum absolute atomic E-state index is 11.2. The highest BCUT2D eigenvalue weighted by atomic mass is 32.2. The van der Waals surface area contributed by atoms with Crippen LogP contribution in [-0.4, -0.2) is 14.7 Å². The van der Waals surface area contributed by atoms with Crippen LogP contribution in [0.15, 0.2) is 12.1 Å². The first-order valence-electron chi connectivity index (χ1n) is 4.54. The van der Waals surface area contributed by atoms with Gasteiger partial charge in [0.25, 0.3) is 0 Å². The predicted molar refractivity (Wildman–Crippen MR) is 59.2 cm³/mol. The lowest BCUT2D eigenvalue weighted by Crippen LogP contribution is -2.04. The second-order valence-corrected chi connectivity index (χ2v) is 6.09. The predicted octanol–water partition coefficient (Wildman–Crippen LogP) is 2.16. The van der Waals surface area contributed by atoms with Crippen molar-refractivity contribution in [1.82, 2.24) is 0 Å². The lowest BCUT2D eigenvalue weighted by atomic mass is 10.0. The molecular weight excluding hydrogens is 196 g/mol. The number of sulfone groups is 1. The fourth-order valence-corrected chi connectivity index (χ4v) is 2.68. The van der Waals surface area contributed by atoms with Gasteiger partial charge in [-0.1, -0.05) is 17.7 Å². The van der Waals surface area contributed by atoms with Crippen molar-refractivity contribution < 1.29 is 8.42 Å². The Morgan fingerprint density at radius 2 is 1.50 bits per heavy atom. The molecule has 0 amide bonds. The van der Waals surface area contributed by atoms with Gasteiger partial charge in [-0.15, -0.1) is 0 Å². The Bertz CT molecular complexity index is 421. The minimum absolute atomic E-state index is 0.144. The molecule has 0 saturated carbocycles. The third kappa shape index (κ3) is 2.84. The standard InChI is InChI=1S/C11H16O2S/c1-8-5-9(2)11(10(3)6-8)7-14(4,12)13/h5-6H,7H2,1-4H3. The summed E-state index contributed by atoms with van der Waals surface area (Å²) in [6, 6.07) is 4.04. The maximum atomic E-state index is 11.2. The molecule has 3 heteroatoms. The molecule has 0 aliphatic heterocycles. The van der Waals surface area contributed by atoms with Crippen LogP contribution in [0.3, 0.4) is 0 Å². The van der Waals surface area contributed by atoms with E-state index in [0.29, 0.717) is 0 Å². The van der Waals surface area contributed by atoms with E-state index >= 15 is 0 Å². The molecule has 1 rings (SSSR count). The molecule has 0 spiro atoms. The molecule has 0 unspecified atom stereocenters. The Balaban J connectivity index is 3.22. The molecule has 0 fully saturated rings. The van der Waals surface area contributed by atoms with Crippen molar-refractivity contribution >= 4 is 9.84 Å². The Kier molecular flexibility index (Phi) is 3.00. The largest absolute Gasteiger partial charge is 0.229 e. The summed E-state index contributed by atoms with van der Waals surface area (Å²) in [4.78, 5) is 0. The quantitative estimate of drug-likeness (QED) is 0.752. The zero-order valence-electron chi connectivity index (χ0n) is 9.09. The van der Waals surface area contributed by atoms with E-state index in [1.807, 2.05) is 32.9 Å². The molecule has 14 heavy (non-hydrogen) atoms. The maximum Gasteiger partial charge on any atom is 0.151 e. The Morgan fingerprint density at radius 3 is 1.86 bits per heavy atom. The van der Waals surface area contributed by atoms with E-state index in [2.05, 4.69) is 0 Å². The average molecular weight is 212 g/mol. The first-order chi connectivity index (χ1) is 6.29. The number of aryl methyl sites for hydroxylation is 3. The van der Waals surface area contributed by atoms with Gasteiger partial charge in [-0.3, -0.25) is 0 Å². The van der Waals surface area contributed by atoms with Gasteiger partial charge in [-0.2, -0.15) is 0 Å². The molecule has 0 saturated heterocycles. The summed E-state index contributed by atoms with van der Waals surface area (Å²) in [6.07, 6.45) is 1.27. The first kappa shape index (κ1) is 11.2. The van der Waals surface area contributed by atoms with Crippen LogP contribution in [0.5, 0.6) is 0 Å². The van der Waals surface area contributed by atoms with Gasteiger partial charge in [0.2, 0.25) is 0 Å². The van der Waals surface area contributed by atoms with Gasteiger partial charge in [-0.05, 0) is 37.5 Å². The molecule has 1 aromatic carbocycles. The van der Waals surface area contributed by atoms with Gasteiger partial charge in [-0.25, -0.2) is 8.42 Å². The van der Waals surface area contributed by atoms with E-state index in [4.69, 9.17) is 0 Å². The fourth-order valence-electron chi connectivity index (χ4n) is 1.70. The molecule has 0 atom stereocenters. The first-order valence-corrected chi connectivity index (χ1v) is 6.60. The zero-order valence-corrected chi connectivity index (χ0v) is 9.90. The molecule has 0 aromatic heterocycles. The summed E-state index contributed by atoms with van der Waals surface area (Å²) in [5, 5.41) is 0. The van der Waals surface area contributed by atoms with Crippen molar-refractivity contribution in [2.45, 2.75) is 26.5 Å². The topological polar surface area (TPSA) is 34.1 Å². The van der Waals surface area contributed by atoms with Crippen LogP contribution < -0.4 is 0 Å². The van der Waals surface area contributed by atoms with Crippen LogP contribution in [0.2, 0.25) is 0 Å². The lowest BCUT2D eigenvalue weighted by molar-refractivity contribution is 0.601. The Hall–Kier alpha value is -0.830. The van der Waals surface area contributed by atoms with Crippen molar-refractivity contribution in [2.75, 3.05) is 6.26 Å². The highest BCUT2D eigenvalue weighted by molar-refractivity contribution is 7.89. The third-order valence-electron chi connectivity index (χ3n) is 2.25. The summed E-state index contributed by atoms with van der Waals surface area (Å²) in [6.45, 7) is 5.94. The van der Waals surface area contributed by atoms with E-state index in [-0.39, 0.29) is 5.75 Å². The average Bonchev–Trinajstić information content (AvgIpc) is 1.95. The van der Waals surface area contributed by atoms with Gasteiger partial charge in [0, 0.05) is 6.26 Å². The van der Waals surface area contributed by atoms with Crippen molar-refractivity contribution in [3.05, 3.63) is 34.4 Å². The molecule has 0 aliphatic carbocycles. The van der Waals surface area contributed by atoms with Crippen LogP contribution in [0.1, 0.15) is 22.3 Å². The molecule has 0 N–H and O–H groups in total. The van der Waals surface area contributed by atoms with Gasteiger partial charge in [0.05, 0.1) is 5.75 Å². The molecule has 0 bridgehead atoms. The summed E-state index contributed by atoms with van der Waals surface area (Å²) in [7, 11) is -2.94. The number of hydrogen-bond donors (Lipinski definition) is 0. The molecule has 0 aliphatic rings. The molecule has 0 heterocycles. The van der Waals surface area contributed by atoms with Crippen LogP contribution in [0.4, 0.5) is 0 Å². The molecule has 0 radical (unpaired) electrons. The van der Waals surface area contributed by atoms with E-state index in [1.54, 1.807) is 0 Å². The Labute approximate surface area is 85.9 Å². The summed E-state index contributed by atoms with van der Waals surface area (Å²) in [5.41, 5.74) is 4.25. The number of rotatable bonds is 2. The van der Waals surface area contributed by atoms with E-state index in [9.17, 15) is 8.42 Å². The van der Waals surface area contributed by atoms with Gasteiger partial charge < -0.3 is 0 Å². The van der Waals surface area contributed by atoms with E-state index in [0.717, 1.165) is 16.7 Å². The molecule has 78 valence electrons.